The molecule has 3 aliphatic rings. The molecule has 8 heteroatoms. The van der Waals surface area contributed by atoms with Crippen molar-refractivity contribution in [2.75, 3.05) is 11.5 Å². The Labute approximate surface area is 134 Å². The van der Waals surface area contributed by atoms with E-state index in [1.807, 2.05) is 0 Å². The Balaban J connectivity index is 1.75. The van der Waals surface area contributed by atoms with Crippen LogP contribution in [0.3, 0.4) is 0 Å². The minimum atomic E-state index is -4.58. The van der Waals surface area contributed by atoms with E-state index in [1.165, 1.54) is 6.07 Å². The van der Waals surface area contributed by atoms with E-state index in [9.17, 15) is 27.9 Å². The van der Waals surface area contributed by atoms with Gasteiger partial charge in [-0.1, -0.05) is 18.2 Å². The highest BCUT2D eigenvalue weighted by Gasteiger charge is 2.67. The summed E-state index contributed by atoms with van der Waals surface area (Å²) in [5.74, 6) is -2.98. The normalized spacial score (nSPS) is 34.3. The van der Waals surface area contributed by atoms with Gasteiger partial charge in [0.05, 0.1) is 35.8 Å². The first-order chi connectivity index (χ1) is 11.3. The lowest BCUT2D eigenvalue weighted by Crippen LogP contribution is -2.43. The molecule has 1 aromatic carbocycles. The number of rotatable bonds is 2. The maximum absolute atomic E-state index is 12.9. The largest absolute Gasteiger partial charge is 0.416 e. The van der Waals surface area contributed by atoms with Gasteiger partial charge in [-0.15, -0.1) is 0 Å². The zero-order valence-corrected chi connectivity index (χ0v) is 12.2. The zero-order chi connectivity index (χ0) is 17.3. The van der Waals surface area contributed by atoms with Crippen LogP contribution in [0.25, 0.3) is 0 Å². The van der Waals surface area contributed by atoms with Crippen LogP contribution in [0.4, 0.5) is 18.9 Å². The molecule has 4 atom stereocenters. The molecule has 0 spiro atoms. The molecule has 3 aliphatic heterocycles. The molecule has 1 N–H and O–H groups in total. The van der Waals surface area contributed by atoms with Crippen LogP contribution in [-0.4, -0.2) is 35.2 Å². The topological polar surface area (TPSA) is 66.8 Å². The maximum atomic E-state index is 12.9. The van der Waals surface area contributed by atoms with Crippen molar-refractivity contribution in [1.29, 1.82) is 0 Å². The monoisotopic (exact) mass is 339 g/mol. The number of alkyl halides is 3. The van der Waals surface area contributed by atoms with Gasteiger partial charge in [0.15, 0.2) is 0 Å². The van der Waals surface area contributed by atoms with Crippen molar-refractivity contribution in [3.63, 3.8) is 0 Å². The Kier molecular flexibility index (Phi) is 2.99. The Morgan fingerprint density at radius 3 is 2.67 bits per heavy atom. The third-order valence-corrected chi connectivity index (χ3v) is 4.83. The lowest BCUT2D eigenvalue weighted by molar-refractivity contribution is -0.138. The number of imide groups is 1. The molecule has 24 heavy (non-hydrogen) atoms. The minimum Gasteiger partial charge on any atom is -0.393 e. The number of carbonyl (C=O) groups is 2. The summed E-state index contributed by atoms with van der Waals surface area (Å²) in [6.45, 7) is -0.476. The molecule has 0 aliphatic carbocycles. The van der Waals surface area contributed by atoms with E-state index >= 15 is 0 Å². The summed E-state index contributed by atoms with van der Waals surface area (Å²) in [5, 5.41) is 9.59. The van der Waals surface area contributed by atoms with Gasteiger partial charge < -0.3 is 9.84 Å². The highest BCUT2D eigenvalue weighted by atomic mass is 19.4. The second-order valence-corrected chi connectivity index (χ2v) is 6.12. The van der Waals surface area contributed by atoms with E-state index in [-0.39, 0.29) is 5.69 Å². The fourth-order valence-electron chi connectivity index (χ4n) is 3.76. The number of anilines is 1. The number of fused-ring (bicyclic) bond motifs is 5. The van der Waals surface area contributed by atoms with Gasteiger partial charge in [0, 0.05) is 0 Å². The highest BCUT2D eigenvalue weighted by molar-refractivity contribution is 6.23. The number of benzene rings is 1. The van der Waals surface area contributed by atoms with Crippen molar-refractivity contribution < 1.29 is 32.6 Å². The summed E-state index contributed by atoms with van der Waals surface area (Å²) in [6.07, 6.45) is -2.06. The number of nitrogens with zero attached hydrogens (tertiary/aromatic N) is 1. The molecule has 2 bridgehead atoms. The highest BCUT2D eigenvalue weighted by Crippen LogP contribution is 2.52. The summed E-state index contributed by atoms with van der Waals surface area (Å²) in [5.41, 5.74) is -2.33. The molecule has 2 fully saturated rings. The summed E-state index contributed by atoms with van der Waals surface area (Å²) in [7, 11) is 0. The van der Waals surface area contributed by atoms with Gasteiger partial charge in [-0.3, -0.25) is 9.59 Å². The Morgan fingerprint density at radius 2 is 2.00 bits per heavy atom. The molecule has 2 saturated heterocycles. The van der Waals surface area contributed by atoms with Crippen molar-refractivity contribution in [1.82, 2.24) is 0 Å². The average molecular weight is 339 g/mol. The zero-order valence-electron chi connectivity index (χ0n) is 12.2. The second-order valence-electron chi connectivity index (χ2n) is 6.12. The summed E-state index contributed by atoms with van der Waals surface area (Å²) in [6, 6.07) is 4.09. The Bertz CT molecular complexity index is 775. The van der Waals surface area contributed by atoms with Gasteiger partial charge in [0.1, 0.15) is 5.60 Å². The van der Waals surface area contributed by atoms with E-state index in [2.05, 4.69) is 0 Å². The van der Waals surface area contributed by atoms with Crippen molar-refractivity contribution in [2.24, 2.45) is 11.8 Å². The number of ether oxygens (including phenoxy) is 1. The standard InChI is InChI=1S/C16H12F3NO4/c17-16(18,19)8-2-1-3-9(6-8)20-13(22)11-10-4-5-15(7-21,24-10)12(11)14(20)23/h1-6,10-12,21H,7H2. The van der Waals surface area contributed by atoms with E-state index < -0.39 is 53.7 Å². The third-order valence-electron chi connectivity index (χ3n) is 4.83. The smallest absolute Gasteiger partial charge is 0.393 e. The average Bonchev–Trinajstić information content (AvgIpc) is 3.18. The number of amides is 2. The second kappa shape index (κ2) is 4.67. The van der Waals surface area contributed by atoms with E-state index in [4.69, 9.17) is 4.74 Å². The van der Waals surface area contributed by atoms with E-state index in [0.717, 1.165) is 23.1 Å². The van der Waals surface area contributed by atoms with E-state index in [1.54, 1.807) is 12.2 Å². The van der Waals surface area contributed by atoms with Crippen molar-refractivity contribution in [3.05, 3.63) is 42.0 Å². The summed E-state index contributed by atoms with van der Waals surface area (Å²) >= 11 is 0. The van der Waals surface area contributed by atoms with Crippen LogP contribution in [0.15, 0.2) is 36.4 Å². The summed E-state index contributed by atoms with van der Waals surface area (Å²) in [4.78, 5) is 26.1. The van der Waals surface area contributed by atoms with E-state index in [0.29, 0.717) is 0 Å². The third kappa shape index (κ3) is 1.83. The van der Waals surface area contributed by atoms with Gasteiger partial charge >= 0.3 is 6.18 Å². The molecule has 4 unspecified atom stereocenters. The lowest BCUT2D eigenvalue weighted by Gasteiger charge is -2.26. The van der Waals surface area contributed by atoms with Crippen molar-refractivity contribution in [2.45, 2.75) is 17.9 Å². The molecule has 0 aromatic heterocycles. The molecule has 0 saturated carbocycles. The molecule has 5 nitrogen and oxygen atoms in total. The van der Waals surface area contributed by atoms with Crippen LogP contribution in [0, 0.1) is 11.8 Å². The first-order valence-electron chi connectivity index (χ1n) is 7.32. The summed E-state index contributed by atoms with van der Waals surface area (Å²) < 4.78 is 44.2. The van der Waals surface area contributed by atoms with Crippen molar-refractivity contribution in [3.8, 4) is 0 Å². The lowest BCUT2D eigenvalue weighted by atomic mass is 9.77. The number of halogens is 3. The molecular formula is C16H12F3NO4. The van der Waals surface area contributed by atoms with Crippen molar-refractivity contribution >= 4 is 17.5 Å². The number of aliphatic hydroxyl groups excluding tert-OH is 1. The van der Waals surface area contributed by atoms with Crippen LogP contribution in [-0.2, 0) is 20.5 Å². The number of carbonyl (C=O) groups excluding carboxylic acids is 2. The van der Waals surface area contributed by atoms with Crippen LogP contribution in [0.2, 0.25) is 0 Å². The van der Waals surface area contributed by atoms with Gasteiger partial charge in [0.25, 0.3) is 0 Å². The fraction of sp³-hybridized carbons (Fsp3) is 0.375. The van der Waals surface area contributed by atoms with Gasteiger partial charge in [0.2, 0.25) is 11.8 Å². The van der Waals surface area contributed by atoms with Crippen LogP contribution < -0.4 is 4.90 Å². The first-order valence-corrected chi connectivity index (χ1v) is 7.32. The number of hydrogen-bond acceptors (Lipinski definition) is 4. The number of hydrogen-bond donors (Lipinski definition) is 1. The van der Waals surface area contributed by atoms with Crippen LogP contribution >= 0.6 is 0 Å². The van der Waals surface area contributed by atoms with Crippen LogP contribution in [0.1, 0.15) is 5.56 Å². The first kappa shape index (κ1) is 15.3. The Hall–Kier alpha value is -2.19. The predicted molar refractivity (Wildman–Crippen MR) is 74.7 cm³/mol. The maximum Gasteiger partial charge on any atom is 0.416 e. The quantitative estimate of drug-likeness (QED) is 0.655. The molecule has 3 heterocycles. The predicted octanol–water partition coefficient (Wildman–Crippen LogP) is 1.51. The molecular weight excluding hydrogens is 327 g/mol. The van der Waals surface area contributed by atoms with Gasteiger partial charge in [-0.05, 0) is 18.2 Å². The fourth-order valence-corrected chi connectivity index (χ4v) is 3.76. The molecule has 2 amide bonds. The SMILES string of the molecule is O=C1C2C3C=CC(CO)(O3)C2C(=O)N1c1cccc(C(F)(F)F)c1. The molecule has 126 valence electrons. The van der Waals surface area contributed by atoms with Gasteiger partial charge in [-0.2, -0.15) is 13.2 Å². The number of aliphatic hydroxyl groups is 1. The molecule has 4 rings (SSSR count). The van der Waals surface area contributed by atoms with Gasteiger partial charge in [-0.25, -0.2) is 4.90 Å². The molecule has 0 radical (unpaired) electrons. The minimum absolute atomic E-state index is 0.123. The van der Waals surface area contributed by atoms with Crippen LogP contribution in [0.5, 0.6) is 0 Å². The molecule has 1 aromatic rings. The Morgan fingerprint density at radius 1 is 1.25 bits per heavy atom.